The van der Waals surface area contributed by atoms with Gasteiger partial charge in [0.1, 0.15) is 11.9 Å². The van der Waals surface area contributed by atoms with Gasteiger partial charge in [-0.25, -0.2) is 0 Å². The Kier molecular flexibility index (Phi) is 7.29. The molecule has 118 valence electrons. The van der Waals surface area contributed by atoms with Crippen molar-refractivity contribution in [3.63, 3.8) is 0 Å². The number of likely N-dealkylation sites (tertiary alicyclic amines) is 1. The van der Waals surface area contributed by atoms with E-state index in [1.807, 2.05) is 25.1 Å². The quantitative estimate of drug-likeness (QED) is 0.901. The van der Waals surface area contributed by atoms with Crippen molar-refractivity contribution >= 4 is 29.9 Å². The van der Waals surface area contributed by atoms with Gasteiger partial charge in [-0.3, -0.25) is 4.79 Å². The van der Waals surface area contributed by atoms with Gasteiger partial charge in [-0.15, -0.1) is 12.4 Å². The third kappa shape index (κ3) is 4.77. The molecule has 4 nitrogen and oxygen atoms in total. The van der Waals surface area contributed by atoms with Gasteiger partial charge in [0.05, 0.1) is 17.6 Å². The van der Waals surface area contributed by atoms with E-state index >= 15 is 0 Å². The first-order chi connectivity index (χ1) is 9.61. The molecule has 1 aromatic carbocycles. The zero-order valence-electron chi connectivity index (χ0n) is 12.1. The van der Waals surface area contributed by atoms with Gasteiger partial charge in [-0.05, 0) is 18.6 Å². The van der Waals surface area contributed by atoms with Gasteiger partial charge in [0.2, 0.25) is 5.91 Å². The summed E-state index contributed by atoms with van der Waals surface area (Å²) < 4.78 is 5.86. The van der Waals surface area contributed by atoms with Crippen molar-refractivity contribution in [2.75, 3.05) is 13.1 Å². The number of halogens is 2. The van der Waals surface area contributed by atoms with E-state index in [1.165, 1.54) is 0 Å². The number of nitrogens with zero attached hydrogens (tertiary/aromatic N) is 1. The Morgan fingerprint density at radius 1 is 1.52 bits per heavy atom. The zero-order chi connectivity index (χ0) is 14.5. The Balaban J connectivity index is 0.00000220. The molecule has 0 saturated carbocycles. The topological polar surface area (TPSA) is 55.6 Å². The predicted molar refractivity (Wildman–Crippen MR) is 87.2 cm³/mol. The minimum absolute atomic E-state index is 0. The summed E-state index contributed by atoms with van der Waals surface area (Å²) in [5, 5.41) is 0.597. The Labute approximate surface area is 137 Å². The second-order valence-electron chi connectivity index (χ2n) is 5.14. The van der Waals surface area contributed by atoms with Crippen LogP contribution in [0.25, 0.3) is 0 Å². The zero-order valence-corrected chi connectivity index (χ0v) is 13.7. The van der Waals surface area contributed by atoms with Crippen LogP contribution in [0.15, 0.2) is 24.3 Å². The Morgan fingerprint density at radius 3 is 2.90 bits per heavy atom. The maximum Gasteiger partial charge on any atom is 0.239 e. The van der Waals surface area contributed by atoms with Crippen molar-refractivity contribution in [2.24, 2.45) is 5.73 Å². The Morgan fingerprint density at radius 2 is 2.24 bits per heavy atom. The minimum atomic E-state index is -0.390. The summed E-state index contributed by atoms with van der Waals surface area (Å²) in [4.78, 5) is 13.9. The highest BCUT2D eigenvalue weighted by Gasteiger charge is 2.30. The molecule has 0 bridgehead atoms. The van der Waals surface area contributed by atoms with Crippen LogP contribution in [0.1, 0.15) is 26.2 Å². The van der Waals surface area contributed by atoms with Gasteiger partial charge >= 0.3 is 0 Å². The average Bonchev–Trinajstić information content (AvgIpc) is 2.89. The van der Waals surface area contributed by atoms with Crippen LogP contribution < -0.4 is 10.5 Å². The molecule has 2 rings (SSSR count). The molecule has 2 atom stereocenters. The largest absolute Gasteiger partial charge is 0.487 e. The lowest BCUT2D eigenvalue weighted by Gasteiger charge is -2.21. The van der Waals surface area contributed by atoms with E-state index in [1.54, 1.807) is 11.0 Å². The SMILES string of the molecule is CCCC(N)C(=O)N1CCC(Oc2ccccc2Cl)C1.Cl. The highest BCUT2D eigenvalue weighted by Crippen LogP contribution is 2.26. The molecule has 6 heteroatoms. The lowest BCUT2D eigenvalue weighted by molar-refractivity contribution is -0.132. The molecule has 1 heterocycles. The number of carbonyl (C=O) groups excluding carboxylic acids is 1. The first-order valence-corrected chi connectivity index (χ1v) is 7.45. The van der Waals surface area contributed by atoms with E-state index in [-0.39, 0.29) is 30.5 Å². The van der Waals surface area contributed by atoms with Gasteiger partial charge < -0.3 is 15.4 Å². The fraction of sp³-hybridized carbons (Fsp3) is 0.533. The normalized spacial score (nSPS) is 19.0. The highest BCUT2D eigenvalue weighted by atomic mass is 35.5. The number of ether oxygens (including phenoxy) is 1. The van der Waals surface area contributed by atoms with E-state index < -0.39 is 0 Å². The molecule has 2 unspecified atom stereocenters. The van der Waals surface area contributed by atoms with Crippen LogP contribution in [0.5, 0.6) is 5.75 Å². The monoisotopic (exact) mass is 332 g/mol. The average molecular weight is 333 g/mol. The second kappa shape index (κ2) is 8.47. The predicted octanol–water partition coefficient (Wildman–Crippen LogP) is 2.87. The fourth-order valence-corrected chi connectivity index (χ4v) is 2.59. The van der Waals surface area contributed by atoms with E-state index in [9.17, 15) is 4.79 Å². The van der Waals surface area contributed by atoms with Crippen molar-refractivity contribution in [3.8, 4) is 5.75 Å². The van der Waals surface area contributed by atoms with Crippen LogP contribution in [0, 0.1) is 0 Å². The molecule has 1 fully saturated rings. The van der Waals surface area contributed by atoms with Crippen molar-refractivity contribution in [3.05, 3.63) is 29.3 Å². The lowest BCUT2D eigenvalue weighted by atomic mass is 10.1. The molecular weight excluding hydrogens is 311 g/mol. The first-order valence-electron chi connectivity index (χ1n) is 7.07. The van der Waals surface area contributed by atoms with E-state index in [0.717, 1.165) is 19.3 Å². The third-order valence-electron chi connectivity index (χ3n) is 3.50. The number of para-hydroxylation sites is 1. The lowest BCUT2D eigenvalue weighted by Crippen LogP contribution is -2.43. The molecule has 1 saturated heterocycles. The second-order valence-corrected chi connectivity index (χ2v) is 5.55. The standard InChI is InChI=1S/C15H21ClN2O2.ClH/c1-2-5-13(17)15(19)18-9-8-11(10-18)20-14-7-4-3-6-12(14)16;/h3-4,6-7,11,13H,2,5,8-10,17H2,1H3;1H. The molecule has 21 heavy (non-hydrogen) atoms. The molecule has 0 aliphatic carbocycles. The fourth-order valence-electron chi connectivity index (χ4n) is 2.41. The molecule has 0 radical (unpaired) electrons. The third-order valence-corrected chi connectivity index (χ3v) is 3.82. The van der Waals surface area contributed by atoms with Crippen molar-refractivity contribution < 1.29 is 9.53 Å². The molecule has 0 spiro atoms. The van der Waals surface area contributed by atoms with Crippen LogP contribution in [0.2, 0.25) is 5.02 Å². The molecule has 0 aromatic heterocycles. The van der Waals surface area contributed by atoms with Gasteiger partial charge in [0, 0.05) is 13.0 Å². The van der Waals surface area contributed by atoms with Crippen molar-refractivity contribution in [2.45, 2.75) is 38.3 Å². The Hall–Kier alpha value is -0.970. The highest BCUT2D eigenvalue weighted by molar-refractivity contribution is 6.32. The number of rotatable bonds is 5. The number of benzene rings is 1. The molecule has 1 amide bonds. The van der Waals surface area contributed by atoms with Crippen LogP contribution in [0.3, 0.4) is 0 Å². The number of hydrogen-bond acceptors (Lipinski definition) is 3. The molecular formula is C15H22Cl2N2O2. The first kappa shape index (κ1) is 18.1. The van der Waals surface area contributed by atoms with E-state index in [4.69, 9.17) is 22.1 Å². The maximum atomic E-state index is 12.1. The summed E-state index contributed by atoms with van der Waals surface area (Å²) in [7, 11) is 0. The van der Waals surface area contributed by atoms with Crippen LogP contribution in [0.4, 0.5) is 0 Å². The summed E-state index contributed by atoms with van der Waals surface area (Å²) >= 11 is 6.07. The summed E-state index contributed by atoms with van der Waals surface area (Å²) in [6.07, 6.45) is 2.45. The van der Waals surface area contributed by atoms with Gasteiger partial charge in [-0.2, -0.15) is 0 Å². The van der Waals surface area contributed by atoms with Crippen molar-refractivity contribution in [1.82, 2.24) is 4.90 Å². The molecule has 1 aromatic rings. The van der Waals surface area contributed by atoms with Crippen LogP contribution in [-0.2, 0) is 4.79 Å². The van der Waals surface area contributed by atoms with Gasteiger partial charge in [-0.1, -0.05) is 37.1 Å². The maximum absolute atomic E-state index is 12.1. The number of hydrogen-bond donors (Lipinski definition) is 1. The number of carbonyl (C=O) groups is 1. The number of amides is 1. The number of nitrogens with two attached hydrogens (primary N) is 1. The molecule has 1 aliphatic heterocycles. The van der Waals surface area contributed by atoms with Gasteiger partial charge in [0.15, 0.2) is 0 Å². The van der Waals surface area contributed by atoms with Crippen LogP contribution >= 0.6 is 24.0 Å². The Bertz CT molecular complexity index is 471. The summed E-state index contributed by atoms with van der Waals surface area (Å²) in [5.41, 5.74) is 5.88. The molecule has 1 aliphatic rings. The summed E-state index contributed by atoms with van der Waals surface area (Å²) in [5.74, 6) is 0.698. The van der Waals surface area contributed by atoms with Gasteiger partial charge in [0.25, 0.3) is 0 Å². The summed E-state index contributed by atoms with van der Waals surface area (Å²) in [6.45, 7) is 3.31. The van der Waals surface area contributed by atoms with Crippen molar-refractivity contribution in [1.29, 1.82) is 0 Å². The smallest absolute Gasteiger partial charge is 0.239 e. The van der Waals surface area contributed by atoms with E-state index in [0.29, 0.717) is 23.9 Å². The van der Waals surface area contributed by atoms with E-state index in [2.05, 4.69) is 0 Å². The van der Waals surface area contributed by atoms with Crippen LogP contribution in [-0.4, -0.2) is 36.0 Å². The minimum Gasteiger partial charge on any atom is -0.487 e. The summed E-state index contributed by atoms with van der Waals surface area (Å²) in [6, 6.07) is 7.00. The molecule has 2 N–H and O–H groups in total.